The number of hydrogen-bond donors (Lipinski definition) is 1. The second-order valence-corrected chi connectivity index (χ2v) is 11.8. The molecule has 0 aliphatic heterocycles. The molecular weight excluding hydrogens is 508 g/mol. The van der Waals surface area contributed by atoms with Crippen LogP contribution in [-0.2, 0) is 13.1 Å². The van der Waals surface area contributed by atoms with Crippen LogP contribution in [0.25, 0.3) is 10.9 Å². The highest BCUT2D eigenvalue weighted by atomic mass is 16.1. The van der Waals surface area contributed by atoms with E-state index < -0.39 is 6.04 Å². The molecular formula is C34H38N6O. The topological polar surface area (TPSA) is 79.7 Å². The minimum atomic E-state index is -0.441. The van der Waals surface area contributed by atoms with Crippen LogP contribution >= 0.6 is 0 Å². The number of pyridine rings is 1. The summed E-state index contributed by atoms with van der Waals surface area (Å²) in [7, 11) is 0. The number of fused-ring (bicyclic) bond motifs is 1. The Bertz CT molecular complexity index is 1670. The van der Waals surface area contributed by atoms with Gasteiger partial charge in [0.15, 0.2) is 5.82 Å². The van der Waals surface area contributed by atoms with Crippen molar-refractivity contribution in [3.63, 3.8) is 0 Å². The Labute approximate surface area is 241 Å². The number of rotatable bonds is 9. The molecule has 1 aliphatic rings. The maximum absolute atomic E-state index is 13.9. The molecule has 210 valence electrons. The van der Waals surface area contributed by atoms with Crippen molar-refractivity contribution < 1.29 is 0 Å². The summed E-state index contributed by atoms with van der Waals surface area (Å²) in [6.45, 7) is 7.78. The zero-order valence-corrected chi connectivity index (χ0v) is 24.1. The number of aromatic amines is 1. The molecule has 1 atom stereocenters. The average molecular weight is 547 g/mol. The minimum absolute atomic E-state index is 0.111. The minimum Gasteiger partial charge on any atom is -0.322 e. The molecule has 7 nitrogen and oxygen atoms in total. The quantitative estimate of drug-likeness (QED) is 0.219. The van der Waals surface area contributed by atoms with Gasteiger partial charge in [-0.2, -0.15) is 0 Å². The first-order valence-corrected chi connectivity index (χ1v) is 14.7. The molecule has 0 bridgehead atoms. The fourth-order valence-corrected chi connectivity index (χ4v) is 6.13. The van der Waals surface area contributed by atoms with Crippen molar-refractivity contribution in [3.05, 3.63) is 123 Å². The third-order valence-corrected chi connectivity index (χ3v) is 8.38. The summed E-state index contributed by atoms with van der Waals surface area (Å²) in [5.74, 6) is 1.19. The van der Waals surface area contributed by atoms with Crippen LogP contribution in [0.4, 0.5) is 0 Å². The van der Waals surface area contributed by atoms with Crippen molar-refractivity contribution in [2.45, 2.75) is 77.5 Å². The maximum Gasteiger partial charge on any atom is 0.253 e. The predicted octanol–water partition coefficient (Wildman–Crippen LogP) is 6.85. The van der Waals surface area contributed by atoms with Gasteiger partial charge in [0, 0.05) is 24.2 Å². The van der Waals surface area contributed by atoms with Crippen LogP contribution in [0.15, 0.2) is 83.7 Å². The molecule has 0 radical (unpaired) electrons. The summed E-state index contributed by atoms with van der Waals surface area (Å²) in [6, 6.07) is 27.2. The number of benzene rings is 3. The first kappa shape index (κ1) is 27.1. The fourth-order valence-electron chi connectivity index (χ4n) is 6.13. The number of hydrogen-bond acceptors (Lipinski definition) is 5. The van der Waals surface area contributed by atoms with Gasteiger partial charge in [-0.3, -0.25) is 9.69 Å². The Morgan fingerprint density at radius 1 is 0.927 bits per heavy atom. The first-order valence-electron chi connectivity index (χ1n) is 14.7. The monoisotopic (exact) mass is 546 g/mol. The molecule has 2 heterocycles. The van der Waals surface area contributed by atoms with E-state index in [-0.39, 0.29) is 11.6 Å². The van der Waals surface area contributed by atoms with Crippen molar-refractivity contribution in [2.24, 2.45) is 0 Å². The molecule has 1 fully saturated rings. The summed E-state index contributed by atoms with van der Waals surface area (Å²) < 4.78 is 2.00. The Morgan fingerprint density at radius 3 is 2.34 bits per heavy atom. The Hall–Kier alpha value is -4.10. The molecule has 7 heteroatoms. The van der Waals surface area contributed by atoms with E-state index in [0.29, 0.717) is 24.6 Å². The van der Waals surface area contributed by atoms with Gasteiger partial charge in [0.05, 0.1) is 6.04 Å². The van der Waals surface area contributed by atoms with Crippen LogP contribution in [0, 0.1) is 6.92 Å². The largest absolute Gasteiger partial charge is 0.322 e. The van der Waals surface area contributed by atoms with E-state index in [9.17, 15) is 4.79 Å². The summed E-state index contributed by atoms with van der Waals surface area (Å²) in [5, 5.41) is 14.3. The number of aromatic nitrogens is 5. The van der Waals surface area contributed by atoms with Crippen molar-refractivity contribution in [1.82, 2.24) is 30.1 Å². The molecule has 0 spiro atoms. The molecule has 1 N–H and O–H groups in total. The van der Waals surface area contributed by atoms with Crippen molar-refractivity contribution in [3.8, 4) is 0 Å². The van der Waals surface area contributed by atoms with Crippen LogP contribution in [0.2, 0.25) is 0 Å². The van der Waals surface area contributed by atoms with E-state index in [1.165, 1.54) is 29.5 Å². The lowest BCUT2D eigenvalue weighted by Gasteiger charge is -2.32. The summed E-state index contributed by atoms with van der Waals surface area (Å²) in [5.41, 5.74) is 6.19. The summed E-state index contributed by atoms with van der Waals surface area (Å²) in [4.78, 5) is 19.4. The van der Waals surface area contributed by atoms with E-state index in [1.54, 1.807) is 0 Å². The van der Waals surface area contributed by atoms with Crippen molar-refractivity contribution >= 4 is 10.9 Å². The molecule has 41 heavy (non-hydrogen) atoms. The highest BCUT2D eigenvalue weighted by molar-refractivity contribution is 5.79. The van der Waals surface area contributed by atoms with Crippen molar-refractivity contribution in [1.29, 1.82) is 0 Å². The first-order chi connectivity index (χ1) is 20.0. The van der Waals surface area contributed by atoms with Gasteiger partial charge in [-0.05, 0) is 76.4 Å². The molecule has 0 unspecified atom stereocenters. The number of nitrogens with zero attached hydrogens (tertiary/aromatic N) is 5. The van der Waals surface area contributed by atoms with Crippen LogP contribution < -0.4 is 5.56 Å². The normalized spacial score (nSPS) is 14.9. The molecule has 1 aliphatic carbocycles. The smallest absolute Gasteiger partial charge is 0.253 e. The third-order valence-electron chi connectivity index (χ3n) is 8.38. The third kappa shape index (κ3) is 5.86. The van der Waals surface area contributed by atoms with Gasteiger partial charge in [-0.15, -0.1) is 5.10 Å². The molecule has 3 aromatic carbocycles. The predicted molar refractivity (Wildman–Crippen MR) is 163 cm³/mol. The van der Waals surface area contributed by atoms with E-state index in [2.05, 4.69) is 101 Å². The highest BCUT2D eigenvalue weighted by Gasteiger charge is 2.33. The summed E-state index contributed by atoms with van der Waals surface area (Å²) in [6.07, 6.45) is 4.43. The van der Waals surface area contributed by atoms with E-state index >= 15 is 0 Å². The second kappa shape index (κ2) is 11.8. The lowest BCUT2D eigenvalue weighted by molar-refractivity contribution is 0.190. The van der Waals surface area contributed by atoms with E-state index in [4.69, 9.17) is 0 Å². The Kier molecular flexibility index (Phi) is 7.79. The number of H-pyrrole nitrogens is 1. The van der Waals surface area contributed by atoms with Gasteiger partial charge < -0.3 is 4.98 Å². The van der Waals surface area contributed by atoms with Gasteiger partial charge in [-0.1, -0.05) is 92.9 Å². The Balaban J connectivity index is 1.52. The molecule has 0 amide bonds. The van der Waals surface area contributed by atoms with E-state index in [0.717, 1.165) is 35.1 Å². The Morgan fingerprint density at radius 2 is 1.63 bits per heavy atom. The lowest BCUT2D eigenvalue weighted by Crippen LogP contribution is -2.35. The van der Waals surface area contributed by atoms with Crippen molar-refractivity contribution in [2.75, 3.05) is 0 Å². The van der Waals surface area contributed by atoms with Gasteiger partial charge in [0.2, 0.25) is 0 Å². The molecule has 5 aromatic rings. The molecule has 6 rings (SSSR count). The number of tetrazole rings is 1. The molecule has 2 aromatic heterocycles. The second-order valence-electron chi connectivity index (χ2n) is 11.8. The van der Waals surface area contributed by atoms with Gasteiger partial charge in [-0.25, -0.2) is 4.68 Å². The lowest BCUT2D eigenvalue weighted by atomic mass is 9.99. The standard InChI is InChI=1S/C34H38N6O/c1-23(2)27-16-14-26(15-17-27)22-39(21-25-9-5-4-6-10-25)32(33-36-37-38-40(33)29-11-7-8-12-29)30-20-28-19-24(3)13-18-31(28)35-34(30)41/h4-6,9-10,13-20,23,29,32H,7-8,11-12,21-22H2,1-3H3,(H,35,41)/t32-/m0/s1. The van der Waals surface area contributed by atoms with E-state index in [1.807, 2.05) is 28.9 Å². The van der Waals surface area contributed by atoms with Gasteiger partial charge in [0.1, 0.15) is 6.04 Å². The SMILES string of the molecule is Cc1ccc2[nH]c(=O)c([C@@H](c3nnnn3C3CCCC3)N(Cc3ccccc3)Cc3ccc(C(C)C)cc3)cc2c1. The maximum atomic E-state index is 13.9. The summed E-state index contributed by atoms with van der Waals surface area (Å²) >= 11 is 0. The average Bonchev–Trinajstić information content (AvgIpc) is 3.67. The van der Waals surface area contributed by atoms with Crippen LogP contribution in [0.5, 0.6) is 0 Å². The highest BCUT2D eigenvalue weighted by Crippen LogP contribution is 2.35. The van der Waals surface area contributed by atoms with Gasteiger partial charge in [0.25, 0.3) is 5.56 Å². The fraction of sp³-hybridized carbons (Fsp3) is 0.353. The number of nitrogens with one attached hydrogen (secondary N) is 1. The zero-order chi connectivity index (χ0) is 28.3. The van der Waals surface area contributed by atoms with Gasteiger partial charge >= 0.3 is 0 Å². The van der Waals surface area contributed by atoms with Crippen LogP contribution in [-0.4, -0.2) is 30.1 Å². The zero-order valence-electron chi connectivity index (χ0n) is 24.1. The molecule has 1 saturated carbocycles. The number of aryl methyl sites for hydroxylation is 1. The molecule has 0 saturated heterocycles. The van der Waals surface area contributed by atoms with Crippen LogP contribution in [0.1, 0.15) is 91.2 Å². The van der Waals surface area contributed by atoms with Crippen LogP contribution in [0.3, 0.4) is 0 Å².